The maximum atomic E-state index is 6.19. The van der Waals surface area contributed by atoms with Crippen molar-refractivity contribution in [2.75, 3.05) is 4.90 Å². The molecular weight excluding hydrogens is 609 g/mol. The van der Waals surface area contributed by atoms with Crippen LogP contribution >= 0.6 is 0 Å². The second kappa shape index (κ2) is 12.7. The van der Waals surface area contributed by atoms with Crippen molar-refractivity contribution in [3.05, 3.63) is 194 Å². The average molecular weight is 641 g/mol. The third-order valence-electron chi connectivity index (χ3n) is 9.31. The Labute approximate surface area is 291 Å². The van der Waals surface area contributed by atoms with Crippen LogP contribution in [0.3, 0.4) is 0 Å². The van der Waals surface area contributed by atoms with Crippen LogP contribution < -0.4 is 4.90 Å². The summed E-state index contributed by atoms with van der Waals surface area (Å²) < 4.78 is 6.19. The third-order valence-corrected chi connectivity index (χ3v) is 9.31. The van der Waals surface area contributed by atoms with Gasteiger partial charge in [0.15, 0.2) is 5.58 Å². The lowest BCUT2D eigenvalue weighted by molar-refractivity contribution is 0.620. The number of hydrogen-bond donors (Lipinski definition) is 0. The van der Waals surface area contributed by atoms with E-state index in [-0.39, 0.29) is 0 Å². The summed E-state index contributed by atoms with van der Waals surface area (Å²) in [6.45, 7) is 0. The van der Waals surface area contributed by atoms with E-state index in [1.165, 1.54) is 33.0 Å². The number of benzene rings is 8. The molecule has 0 fully saturated rings. The summed E-state index contributed by atoms with van der Waals surface area (Å²) in [6.07, 6.45) is 0. The van der Waals surface area contributed by atoms with Crippen LogP contribution in [-0.4, -0.2) is 4.98 Å². The molecule has 3 heteroatoms. The van der Waals surface area contributed by atoms with Gasteiger partial charge in [-0.05, 0) is 105 Å². The fourth-order valence-corrected chi connectivity index (χ4v) is 6.78. The fourth-order valence-electron chi connectivity index (χ4n) is 6.78. The number of nitrogens with zero attached hydrogens (tertiary/aromatic N) is 2. The van der Waals surface area contributed by atoms with Gasteiger partial charge in [-0.3, -0.25) is 0 Å². The molecule has 1 heterocycles. The summed E-state index contributed by atoms with van der Waals surface area (Å²) in [5.41, 5.74) is 12.8. The topological polar surface area (TPSA) is 29.3 Å². The number of anilines is 3. The molecule has 0 aliphatic heterocycles. The minimum absolute atomic E-state index is 0.632. The van der Waals surface area contributed by atoms with Crippen molar-refractivity contribution in [3.63, 3.8) is 0 Å². The highest BCUT2D eigenvalue weighted by Gasteiger charge is 2.16. The van der Waals surface area contributed by atoms with E-state index in [0.29, 0.717) is 5.89 Å². The van der Waals surface area contributed by atoms with Gasteiger partial charge < -0.3 is 9.32 Å². The SMILES string of the molecule is c1ccc(-c2cccc(N(c3ccc(-c4ccc5nc(-c6ccccc6)oc5c4)cc3)c3ccc(-c4cccc5ccccc45)cc3)c2)cc1. The van der Waals surface area contributed by atoms with Gasteiger partial charge in [0.25, 0.3) is 0 Å². The smallest absolute Gasteiger partial charge is 0.227 e. The van der Waals surface area contributed by atoms with Crippen LogP contribution in [0.15, 0.2) is 199 Å². The number of hydrogen-bond acceptors (Lipinski definition) is 3. The zero-order valence-corrected chi connectivity index (χ0v) is 27.3. The Hall–Kier alpha value is -6.71. The first-order valence-corrected chi connectivity index (χ1v) is 16.9. The molecule has 0 saturated carbocycles. The summed E-state index contributed by atoms with van der Waals surface area (Å²) in [5.74, 6) is 0.632. The van der Waals surface area contributed by atoms with Crippen LogP contribution in [0.5, 0.6) is 0 Å². The van der Waals surface area contributed by atoms with E-state index >= 15 is 0 Å². The highest BCUT2D eigenvalue weighted by Crippen LogP contribution is 2.39. The molecule has 0 radical (unpaired) electrons. The van der Waals surface area contributed by atoms with E-state index in [1.807, 2.05) is 36.4 Å². The van der Waals surface area contributed by atoms with Crippen molar-refractivity contribution in [2.24, 2.45) is 0 Å². The van der Waals surface area contributed by atoms with Gasteiger partial charge in [-0.2, -0.15) is 0 Å². The summed E-state index contributed by atoms with van der Waals surface area (Å²) in [4.78, 5) is 7.05. The molecule has 0 spiro atoms. The molecular formula is C47H32N2O. The zero-order valence-electron chi connectivity index (χ0n) is 27.3. The summed E-state index contributed by atoms with van der Waals surface area (Å²) >= 11 is 0. The second-order valence-corrected chi connectivity index (χ2v) is 12.4. The molecule has 0 unspecified atom stereocenters. The molecule has 9 aromatic rings. The normalized spacial score (nSPS) is 11.2. The van der Waals surface area contributed by atoms with Crippen molar-refractivity contribution in [1.82, 2.24) is 4.98 Å². The summed E-state index contributed by atoms with van der Waals surface area (Å²) in [7, 11) is 0. The molecule has 236 valence electrons. The molecule has 8 aromatic carbocycles. The number of rotatable bonds is 7. The van der Waals surface area contributed by atoms with E-state index in [1.54, 1.807) is 0 Å². The van der Waals surface area contributed by atoms with Crippen molar-refractivity contribution in [3.8, 4) is 44.8 Å². The highest BCUT2D eigenvalue weighted by molar-refractivity contribution is 5.97. The maximum absolute atomic E-state index is 6.19. The van der Waals surface area contributed by atoms with Crippen molar-refractivity contribution < 1.29 is 4.42 Å². The summed E-state index contributed by atoms with van der Waals surface area (Å²) in [5, 5.41) is 2.50. The average Bonchev–Trinajstić information content (AvgIpc) is 3.63. The van der Waals surface area contributed by atoms with Crippen LogP contribution in [-0.2, 0) is 0 Å². The fraction of sp³-hybridized carbons (Fsp3) is 0. The van der Waals surface area contributed by atoms with Gasteiger partial charge >= 0.3 is 0 Å². The molecule has 50 heavy (non-hydrogen) atoms. The van der Waals surface area contributed by atoms with Gasteiger partial charge in [0.1, 0.15) is 5.52 Å². The quantitative estimate of drug-likeness (QED) is 0.174. The van der Waals surface area contributed by atoms with Gasteiger partial charge in [-0.15, -0.1) is 0 Å². The van der Waals surface area contributed by atoms with Crippen LogP contribution in [0.1, 0.15) is 0 Å². The molecule has 9 rings (SSSR count). The molecule has 1 aromatic heterocycles. The van der Waals surface area contributed by atoms with Crippen LogP contribution in [0.2, 0.25) is 0 Å². The number of oxazole rings is 1. The van der Waals surface area contributed by atoms with Crippen LogP contribution in [0, 0.1) is 0 Å². The molecule has 0 bridgehead atoms. The first kappa shape index (κ1) is 29.4. The minimum Gasteiger partial charge on any atom is -0.436 e. The molecule has 0 atom stereocenters. The lowest BCUT2D eigenvalue weighted by Gasteiger charge is -2.26. The third kappa shape index (κ3) is 5.61. The molecule has 3 nitrogen and oxygen atoms in total. The van der Waals surface area contributed by atoms with E-state index in [4.69, 9.17) is 9.40 Å². The van der Waals surface area contributed by atoms with E-state index in [2.05, 4.69) is 163 Å². The molecule has 0 aliphatic rings. The Kier molecular flexibility index (Phi) is 7.49. The monoisotopic (exact) mass is 640 g/mol. The molecule has 0 amide bonds. The number of aromatic nitrogens is 1. The zero-order chi connectivity index (χ0) is 33.3. The Morgan fingerprint density at radius 3 is 1.70 bits per heavy atom. The van der Waals surface area contributed by atoms with Crippen LogP contribution in [0.4, 0.5) is 17.1 Å². The van der Waals surface area contributed by atoms with Gasteiger partial charge in [0, 0.05) is 22.6 Å². The maximum Gasteiger partial charge on any atom is 0.227 e. The standard InChI is InChI=1S/C47H32N2O/c1-3-11-33(12-4-1)38-17-9-18-42(31-38)49(41-28-23-36(24-29-41)44-20-10-16-35-13-7-8-19-43(35)44)40-26-21-34(22-27-40)39-25-30-45-46(32-39)50-47(48-45)37-14-5-2-6-15-37/h1-32H. The van der Waals surface area contributed by atoms with Crippen molar-refractivity contribution in [2.45, 2.75) is 0 Å². The van der Waals surface area contributed by atoms with E-state index in [0.717, 1.165) is 44.9 Å². The van der Waals surface area contributed by atoms with E-state index < -0.39 is 0 Å². The van der Waals surface area contributed by atoms with Crippen molar-refractivity contribution >= 4 is 38.9 Å². The summed E-state index contributed by atoms with van der Waals surface area (Å²) in [6, 6.07) is 68.3. The Morgan fingerprint density at radius 2 is 0.940 bits per heavy atom. The van der Waals surface area contributed by atoms with Gasteiger partial charge in [0.05, 0.1) is 0 Å². The van der Waals surface area contributed by atoms with Gasteiger partial charge in [-0.25, -0.2) is 4.98 Å². The molecule has 0 aliphatic carbocycles. The second-order valence-electron chi connectivity index (χ2n) is 12.4. The number of fused-ring (bicyclic) bond motifs is 2. The molecule has 0 saturated heterocycles. The highest BCUT2D eigenvalue weighted by atomic mass is 16.3. The van der Waals surface area contributed by atoms with Gasteiger partial charge in [0.2, 0.25) is 5.89 Å². The minimum atomic E-state index is 0.632. The van der Waals surface area contributed by atoms with Crippen LogP contribution in [0.25, 0.3) is 66.7 Å². The Morgan fingerprint density at radius 1 is 0.380 bits per heavy atom. The van der Waals surface area contributed by atoms with E-state index in [9.17, 15) is 0 Å². The lowest BCUT2D eigenvalue weighted by atomic mass is 9.98. The first-order chi connectivity index (χ1) is 24.8. The molecule has 0 N–H and O–H groups in total. The predicted molar refractivity (Wildman–Crippen MR) is 208 cm³/mol. The predicted octanol–water partition coefficient (Wildman–Crippen LogP) is 13.1. The first-order valence-electron chi connectivity index (χ1n) is 16.9. The van der Waals surface area contributed by atoms with Gasteiger partial charge in [-0.1, -0.05) is 133 Å². The Bertz CT molecular complexity index is 2570. The lowest BCUT2D eigenvalue weighted by Crippen LogP contribution is -2.10. The Balaban J connectivity index is 1.09. The largest absolute Gasteiger partial charge is 0.436 e. The van der Waals surface area contributed by atoms with Crippen molar-refractivity contribution in [1.29, 1.82) is 0 Å².